The number of hydrogen-bond donors (Lipinski definition) is 1. The van der Waals surface area contributed by atoms with Crippen LogP contribution in [-0.4, -0.2) is 20.4 Å². The van der Waals surface area contributed by atoms with Gasteiger partial charge in [0.2, 0.25) is 0 Å². The number of halogens is 2. The molecule has 1 N–H and O–H groups in total. The number of carbonyl (C=O) groups is 1. The highest BCUT2D eigenvalue weighted by Crippen LogP contribution is 2.14. The summed E-state index contributed by atoms with van der Waals surface area (Å²) in [5, 5.41) is 2.54. The van der Waals surface area contributed by atoms with Crippen molar-refractivity contribution in [1.82, 2.24) is 14.5 Å². The van der Waals surface area contributed by atoms with Gasteiger partial charge in [-0.1, -0.05) is 12.1 Å². The van der Waals surface area contributed by atoms with Crippen LogP contribution < -0.4 is 11.0 Å². The van der Waals surface area contributed by atoms with E-state index in [4.69, 9.17) is 0 Å². The number of amides is 1. The zero-order valence-electron chi connectivity index (χ0n) is 13.7. The van der Waals surface area contributed by atoms with Crippen LogP contribution in [0.15, 0.2) is 53.6 Å². The molecule has 0 aliphatic carbocycles. The number of nitrogens with zero attached hydrogens (tertiary/aromatic N) is 3. The Morgan fingerprint density at radius 2 is 1.88 bits per heavy atom. The molecule has 0 bridgehead atoms. The Morgan fingerprint density at radius 3 is 2.54 bits per heavy atom. The molecule has 2 aromatic heterocycles. The van der Waals surface area contributed by atoms with Crippen LogP contribution in [-0.2, 0) is 13.5 Å². The molecule has 6 nitrogen and oxygen atoms in total. The first-order valence-electron chi connectivity index (χ1n) is 7.66. The van der Waals surface area contributed by atoms with Gasteiger partial charge in [0.1, 0.15) is 11.5 Å². The largest absolute Gasteiger partial charge is 0.348 e. The van der Waals surface area contributed by atoms with Crippen molar-refractivity contribution in [3.05, 3.63) is 87.7 Å². The van der Waals surface area contributed by atoms with E-state index in [1.165, 1.54) is 36.1 Å². The van der Waals surface area contributed by atoms with Gasteiger partial charge in [0.05, 0.1) is 0 Å². The van der Waals surface area contributed by atoms with E-state index in [0.717, 1.165) is 17.7 Å². The number of nitrogens with one attached hydrogen (secondary N) is 1. The van der Waals surface area contributed by atoms with Gasteiger partial charge >= 0.3 is 5.69 Å². The summed E-state index contributed by atoms with van der Waals surface area (Å²) in [6.45, 7) is 0. The minimum absolute atomic E-state index is 0.0132. The highest BCUT2D eigenvalue weighted by Gasteiger charge is 2.10. The quantitative estimate of drug-likeness (QED) is 0.778. The summed E-state index contributed by atoms with van der Waals surface area (Å²) in [5.74, 6) is -2.06. The van der Waals surface area contributed by atoms with Crippen LogP contribution in [0.5, 0.6) is 0 Å². The molecule has 0 fully saturated rings. The van der Waals surface area contributed by atoms with Crippen LogP contribution in [0, 0.1) is 11.6 Å². The van der Waals surface area contributed by atoms with Gasteiger partial charge in [0.25, 0.3) is 5.91 Å². The average Bonchev–Trinajstić information content (AvgIpc) is 2.62. The van der Waals surface area contributed by atoms with Gasteiger partial charge in [0, 0.05) is 19.4 Å². The molecule has 0 saturated carbocycles. The Bertz CT molecular complexity index is 1020. The van der Waals surface area contributed by atoms with Crippen LogP contribution in [0.2, 0.25) is 0 Å². The molecule has 0 saturated heterocycles. The summed E-state index contributed by atoms with van der Waals surface area (Å²) in [5.41, 5.74) is 0.820. The first kappa shape index (κ1) is 17.4. The maximum atomic E-state index is 13.2. The van der Waals surface area contributed by atoms with Gasteiger partial charge in [-0.3, -0.25) is 4.79 Å². The summed E-state index contributed by atoms with van der Waals surface area (Å²) in [4.78, 5) is 31.3. The first-order valence-corrected chi connectivity index (χ1v) is 7.66. The number of aryl methyl sites for hydroxylation is 1. The van der Waals surface area contributed by atoms with E-state index in [-0.39, 0.29) is 11.5 Å². The lowest BCUT2D eigenvalue weighted by atomic mass is 10.1. The van der Waals surface area contributed by atoms with E-state index < -0.39 is 23.2 Å². The fraction of sp³-hybridized carbons (Fsp3) is 0.111. The highest BCUT2D eigenvalue weighted by atomic mass is 19.2. The lowest BCUT2D eigenvalue weighted by Crippen LogP contribution is -2.24. The number of benzene rings is 1. The monoisotopic (exact) mass is 356 g/mol. The lowest BCUT2D eigenvalue weighted by Gasteiger charge is -2.06. The molecule has 0 aliphatic rings. The second-order valence-corrected chi connectivity index (χ2v) is 5.64. The topological polar surface area (TPSA) is 76.9 Å². The standard InChI is InChI=1S/C18H14F2N4O2/c1-24-7-6-15(22-18(24)26)17(25)23-16-5-3-12(10-21-16)8-11-2-4-13(19)14(20)9-11/h2-7,9-10H,8H2,1H3,(H,21,23,25). The minimum atomic E-state index is -0.902. The molecule has 2 heterocycles. The maximum Gasteiger partial charge on any atom is 0.348 e. The van der Waals surface area contributed by atoms with Crippen LogP contribution >= 0.6 is 0 Å². The molecular weight excluding hydrogens is 342 g/mol. The minimum Gasteiger partial charge on any atom is -0.305 e. The smallest absolute Gasteiger partial charge is 0.305 e. The van der Waals surface area contributed by atoms with E-state index >= 15 is 0 Å². The number of anilines is 1. The van der Waals surface area contributed by atoms with Gasteiger partial charge in [-0.25, -0.2) is 18.6 Å². The number of carbonyl (C=O) groups excluding carboxylic acids is 1. The van der Waals surface area contributed by atoms with Gasteiger partial charge in [-0.05, 0) is 41.8 Å². The third kappa shape index (κ3) is 3.97. The Morgan fingerprint density at radius 1 is 1.12 bits per heavy atom. The molecule has 0 radical (unpaired) electrons. The van der Waals surface area contributed by atoms with E-state index in [0.29, 0.717) is 12.0 Å². The molecule has 132 valence electrons. The van der Waals surface area contributed by atoms with E-state index in [1.54, 1.807) is 12.1 Å². The SMILES string of the molecule is Cn1ccc(C(=O)Nc2ccc(Cc3ccc(F)c(F)c3)cn2)nc1=O. The molecule has 3 rings (SSSR count). The molecule has 0 unspecified atom stereocenters. The van der Waals surface area contributed by atoms with Crippen LogP contribution in [0.25, 0.3) is 0 Å². The molecule has 3 aromatic rings. The maximum absolute atomic E-state index is 13.2. The molecule has 1 aromatic carbocycles. The second-order valence-electron chi connectivity index (χ2n) is 5.64. The highest BCUT2D eigenvalue weighted by molar-refractivity contribution is 6.02. The fourth-order valence-corrected chi connectivity index (χ4v) is 2.26. The average molecular weight is 356 g/mol. The molecule has 1 amide bonds. The molecule has 0 atom stereocenters. The number of aromatic nitrogens is 3. The van der Waals surface area contributed by atoms with Gasteiger partial charge in [-0.15, -0.1) is 0 Å². The Kier molecular flexibility index (Phi) is 4.83. The molecule has 0 aliphatic heterocycles. The van der Waals surface area contributed by atoms with Gasteiger partial charge < -0.3 is 9.88 Å². The third-order valence-electron chi connectivity index (χ3n) is 3.67. The molecular formula is C18H14F2N4O2. The third-order valence-corrected chi connectivity index (χ3v) is 3.67. The zero-order chi connectivity index (χ0) is 18.7. The Hall–Kier alpha value is -3.42. The fourth-order valence-electron chi connectivity index (χ4n) is 2.26. The van der Waals surface area contributed by atoms with Crippen molar-refractivity contribution in [1.29, 1.82) is 0 Å². The van der Waals surface area contributed by atoms with Gasteiger partial charge in [0.15, 0.2) is 11.6 Å². The number of pyridine rings is 1. The van der Waals surface area contributed by atoms with Gasteiger partial charge in [-0.2, -0.15) is 4.98 Å². The zero-order valence-corrected chi connectivity index (χ0v) is 13.7. The van der Waals surface area contributed by atoms with Crippen molar-refractivity contribution < 1.29 is 13.6 Å². The van der Waals surface area contributed by atoms with Crippen molar-refractivity contribution in [2.75, 3.05) is 5.32 Å². The predicted molar refractivity (Wildman–Crippen MR) is 90.8 cm³/mol. The summed E-state index contributed by atoms with van der Waals surface area (Å²) in [6, 6.07) is 8.41. The molecule has 8 heteroatoms. The van der Waals surface area contributed by atoms with Crippen LogP contribution in [0.3, 0.4) is 0 Å². The number of rotatable bonds is 4. The second kappa shape index (κ2) is 7.22. The molecule has 0 spiro atoms. The van der Waals surface area contributed by atoms with Crippen molar-refractivity contribution in [3.63, 3.8) is 0 Å². The van der Waals surface area contributed by atoms with Crippen molar-refractivity contribution in [2.45, 2.75) is 6.42 Å². The van der Waals surface area contributed by atoms with E-state index in [2.05, 4.69) is 15.3 Å². The van der Waals surface area contributed by atoms with E-state index in [1.807, 2.05) is 0 Å². The summed E-state index contributed by atoms with van der Waals surface area (Å²) in [7, 11) is 1.53. The number of hydrogen-bond acceptors (Lipinski definition) is 4. The van der Waals surface area contributed by atoms with Crippen LogP contribution in [0.4, 0.5) is 14.6 Å². The summed E-state index contributed by atoms with van der Waals surface area (Å²) in [6.07, 6.45) is 3.34. The van der Waals surface area contributed by atoms with Crippen molar-refractivity contribution in [3.8, 4) is 0 Å². The Balaban J connectivity index is 1.69. The van der Waals surface area contributed by atoms with Crippen molar-refractivity contribution in [2.24, 2.45) is 7.05 Å². The predicted octanol–water partition coefficient (Wildman–Crippen LogP) is 2.30. The van der Waals surface area contributed by atoms with Crippen molar-refractivity contribution >= 4 is 11.7 Å². The summed E-state index contributed by atoms with van der Waals surface area (Å²) >= 11 is 0. The summed E-state index contributed by atoms with van der Waals surface area (Å²) < 4.78 is 27.4. The Labute approximate surface area is 147 Å². The lowest BCUT2D eigenvalue weighted by molar-refractivity contribution is 0.102. The van der Waals surface area contributed by atoms with Crippen LogP contribution in [0.1, 0.15) is 21.6 Å². The normalized spacial score (nSPS) is 10.6. The molecule has 26 heavy (non-hydrogen) atoms. The first-order chi connectivity index (χ1) is 12.4. The van der Waals surface area contributed by atoms with E-state index in [9.17, 15) is 18.4 Å².